The zero-order valence-corrected chi connectivity index (χ0v) is 42.8. The van der Waals surface area contributed by atoms with Crippen LogP contribution in [-0.2, 0) is 38.4 Å². The van der Waals surface area contributed by atoms with Crippen molar-refractivity contribution in [3.63, 3.8) is 0 Å². The normalized spacial score (nSPS) is 28.8. The molecular weight excluding hydrogens is 969 g/mol. The van der Waals surface area contributed by atoms with E-state index in [-0.39, 0.29) is 24.2 Å². The third kappa shape index (κ3) is 17.8. The number of primary amides is 1. The fraction of sp³-hybridized carbons (Fsp3) is 0.720. The van der Waals surface area contributed by atoms with Gasteiger partial charge in [-0.3, -0.25) is 38.4 Å². The van der Waals surface area contributed by atoms with Gasteiger partial charge in [0.1, 0.15) is 48.1 Å². The number of nitrogens with zero attached hydrogens (tertiary/aromatic N) is 2. The number of rotatable bonds is 20. The molecule has 74 heavy (non-hydrogen) atoms. The fourth-order valence-electron chi connectivity index (χ4n) is 9.75. The summed E-state index contributed by atoms with van der Waals surface area (Å²) in [5.74, 6) is -7.77. The monoisotopic (exact) mass is 1050 g/mol. The first-order valence-electron chi connectivity index (χ1n) is 25.9. The third-order valence-electron chi connectivity index (χ3n) is 14.2. The smallest absolute Gasteiger partial charge is 0.248 e. The third-order valence-corrected chi connectivity index (χ3v) is 14.2. The Morgan fingerprint density at radius 3 is 2.00 bits per heavy atom. The Labute approximate surface area is 431 Å². The first kappa shape index (κ1) is 61.1. The SMILES string of the molecule is CCC(C)CC(C)CCCCCCCCC(=O)N[C@H]1C[C@@H](O)[C@@H](O)NC(=O)[C@@H]2[C@@H](O)CCN2C(=O)[C@H]([C@H](O)CC(N)=O)NC(=O)[C@H](C[C@H](O)c2ccc(O)cc2)NC(=O)[C@@H]2C[C@@H](O)CN2C(=O)[C@H]([C@@H](C)O)NC1=O. The van der Waals surface area contributed by atoms with Gasteiger partial charge in [0.25, 0.3) is 0 Å². The number of aliphatic hydroxyl groups is 7. The van der Waals surface area contributed by atoms with Gasteiger partial charge in [-0.25, -0.2) is 0 Å². The van der Waals surface area contributed by atoms with Crippen LogP contribution in [0.2, 0.25) is 0 Å². The molecule has 0 radical (unpaired) electrons. The Hall–Kier alpha value is -5.50. The summed E-state index contributed by atoms with van der Waals surface area (Å²) in [6.45, 7) is 6.93. The van der Waals surface area contributed by atoms with Gasteiger partial charge in [0, 0.05) is 38.8 Å². The maximum absolute atomic E-state index is 14.4. The predicted molar refractivity (Wildman–Crippen MR) is 264 cm³/mol. The van der Waals surface area contributed by atoms with Gasteiger partial charge in [-0.05, 0) is 55.7 Å². The van der Waals surface area contributed by atoms with Crippen molar-refractivity contribution in [3.8, 4) is 5.75 Å². The van der Waals surface area contributed by atoms with E-state index in [9.17, 15) is 79.2 Å². The van der Waals surface area contributed by atoms with Crippen molar-refractivity contribution in [1.29, 1.82) is 0 Å². The lowest BCUT2D eigenvalue weighted by Crippen LogP contribution is -2.62. The molecule has 8 amide bonds. The number of fused-ring (bicyclic) bond motifs is 2. The quantitative estimate of drug-likeness (QED) is 0.0610. The highest BCUT2D eigenvalue weighted by atomic mass is 16.3. The lowest BCUT2D eigenvalue weighted by molar-refractivity contribution is -0.148. The number of aliphatic hydroxyl groups excluding tert-OH is 7. The van der Waals surface area contributed by atoms with E-state index in [1.165, 1.54) is 30.7 Å². The molecule has 3 aliphatic rings. The largest absolute Gasteiger partial charge is 0.508 e. The van der Waals surface area contributed by atoms with Crippen molar-refractivity contribution in [2.45, 2.75) is 203 Å². The van der Waals surface area contributed by atoms with E-state index in [0.717, 1.165) is 55.2 Å². The van der Waals surface area contributed by atoms with Crippen LogP contribution in [-0.4, -0.2) is 184 Å². The van der Waals surface area contributed by atoms with E-state index in [1.54, 1.807) is 0 Å². The number of phenols is 1. The maximum Gasteiger partial charge on any atom is 0.248 e. The number of phenolic OH excluding ortho intramolecular Hbond substituents is 1. The van der Waals surface area contributed by atoms with Crippen molar-refractivity contribution in [2.24, 2.45) is 17.6 Å². The molecule has 4 rings (SSSR count). The number of hydrogen-bond donors (Lipinski definition) is 14. The molecule has 3 heterocycles. The fourth-order valence-corrected chi connectivity index (χ4v) is 9.75. The van der Waals surface area contributed by atoms with Crippen LogP contribution in [0.25, 0.3) is 0 Å². The Kier molecular flexibility index (Phi) is 23.9. The second-order valence-corrected chi connectivity index (χ2v) is 20.5. The van der Waals surface area contributed by atoms with Crippen LogP contribution < -0.4 is 32.3 Å². The van der Waals surface area contributed by atoms with E-state index < -0.39 is 165 Å². The van der Waals surface area contributed by atoms with Gasteiger partial charge >= 0.3 is 0 Å². The first-order valence-corrected chi connectivity index (χ1v) is 25.9. The summed E-state index contributed by atoms with van der Waals surface area (Å²) in [6.07, 6.45) is -7.35. The highest BCUT2D eigenvalue weighted by molar-refractivity contribution is 5.98. The van der Waals surface area contributed by atoms with E-state index in [1.807, 2.05) is 0 Å². The van der Waals surface area contributed by atoms with Gasteiger partial charge in [0.05, 0.1) is 36.9 Å². The van der Waals surface area contributed by atoms with Crippen molar-refractivity contribution >= 4 is 47.3 Å². The molecule has 0 spiro atoms. The highest BCUT2D eigenvalue weighted by Crippen LogP contribution is 2.26. The molecule has 3 aliphatic heterocycles. The molecule has 15 N–H and O–H groups in total. The van der Waals surface area contributed by atoms with Gasteiger partial charge in [0.2, 0.25) is 47.3 Å². The molecule has 24 nitrogen and oxygen atoms in total. The number of nitrogens with one attached hydrogen (secondary N) is 5. The van der Waals surface area contributed by atoms with Crippen LogP contribution in [0.4, 0.5) is 0 Å². The Balaban J connectivity index is 1.67. The van der Waals surface area contributed by atoms with Crippen LogP contribution >= 0.6 is 0 Å². The Bertz CT molecular complexity index is 2070. The molecule has 0 aliphatic carbocycles. The summed E-state index contributed by atoms with van der Waals surface area (Å²) in [5, 5.41) is 99.1. The molecule has 2 unspecified atom stereocenters. The van der Waals surface area contributed by atoms with Gasteiger partial charge < -0.3 is 83.0 Å². The summed E-state index contributed by atoms with van der Waals surface area (Å²) < 4.78 is 0. The topological polar surface area (TPSA) is 391 Å². The molecule has 1 aromatic carbocycles. The van der Waals surface area contributed by atoms with Crippen molar-refractivity contribution < 1.29 is 79.2 Å². The molecule has 15 atom stereocenters. The minimum absolute atomic E-state index is 0.0603. The standard InChI is InChI=1S/C50H80N8O16/c1-5-26(2)20-27(3)12-10-8-6-7-9-11-13-40(67)52-32-23-38(65)47(71)56-48(72)43-35(62)18-19-57(43)50(74)42(37(64)24-39(51)66)55-45(69)33(22-36(63)29-14-16-30(60)17-15-29)53-46(70)34-21-31(61)25-58(34)49(73)41(28(4)59)54-44(32)68/h14-17,26-28,31-38,41-43,47,59-65,71H,5-13,18-25H2,1-4H3,(H2,51,66)(H,52,67)(H,53,70)(H,54,68)(H,55,69)(H,56,72)/t26?,27?,28-,31-,32+,33+,34+,35+,36+,37-,38-,41+,42+,43+,47-/m1/s1. The van der Waals surface area contributed by atoms with E-state index >= 15 is 0 Å². The van der Waals surface area contributed by atoms with Crippen LogP contribution in [0.5, 0.6) is 5.75 Å². The number of nitrogens with two attached hydrogens (primary N) is 1. The van der Waals surface area contributed by atoms with Crippen molar-refractivity contribution in [1.82, 2.24) is 36.4 Å². The molecule has 3 fully saturated rings. The summed E-state index contributed by atoms with van der Waals surface area (Å²) in [6, 6.07) is -6.00. The molecule has 1 aromatic rings. The van der Waals surface area contributed by atoms with Crippen LogP contribution in [0.1, 0.15) is 136 Å². The average molecular weight is 1050 g/mol. The van der Waals surface area contributed by atoms with Crippen molar-refractivity contribution in [3.05, 3.63) is 29.8 Å². The second kappa shape index (κ2) is 29.0. The van der Waals surface area contributed by atoms with Crippen LogP contribution in [0.15, 0.2) is 24.3 Å². The summed E-state index contributed by atoms with van der Waals surface area (Å²) in [5.41, 5.74) is 5.48. The number of benzene rings is 1. The molecule has 0 aromatic heterocycles. The van der Waals surface area contributed by atoms with Crippen LogP contribution in [0.3, 0.4) is 0 Å². The number of aromatic hydroxyl groups is 1. The molecule has 0 bridgehead atoms. The van der Waals surface area contributed by atoms with Crippen LogP contribution in [0, 0.1) is 11.8 Å². The zero-order valence-electron chi connectivity index (χ0n) is 42.8. The number of carbonyl (C=O) groups is 8. The predicted octanol–water partition coefficient (Wildman–Crippen LogP) is -2.31. The lowest BCUT2D eigenvalue weighted by atomic mass is 9.91. The first-order chi connectivity index (χ1) is 34.9. The van der Waals surface area contributed by atoms with Crippen molar-refractivity contribution in [2.75, 3.05) is 13.1 Å². The summed E-state index contributed by atoms with van der Waals surface area (Å²) >= 11 is 0. The van der Waals surface area contributed by atoms with E-state index in [4.69, 9.17) is 5.73 Å². The van der Waals surface area contributed by atoms with Gasteiger partial charge in [-0.2, -0.15) is 0 Å². The summed E-state index contributed by atoms with van der Waals surface area (Å²) in [7, 11) is 0. The highest BCUT2D eigenvalue weighted by Gasteiger charge is 2.48. The Morgan fingerprint density at radius 1 is 0.743 bits per heavy atom. The number of hydrogen-bond acceptors (Lipinski definition) is 16. The molecule has 3 saturated heterocycles. The summed E-state index contributed by atoms with van der Waals surface area (Å²) in [4.78, 5) is 112. The van der Waals surface area contributed by atoms with E-state index in [2.05, 4.69) is 47.4 Å². The minimum atomic E-state index is -2.25. The molecule has 24 heteroatoms. The Morgan fingerprint density at radius 2 is 1.36 bits per heavy atom. The number of amides is 8. The lowest BCUT2D eigenvalue weighted by Gasteiger charge is -2.33. The second-order valence-electron chi connectivity index (χ2n) is 20.5. The molecule has 416 valence electrons. The molecular formula is C50H80N8O16. The number of carbonyl (C=O) groups excluding carboxylic acids is 8. The van der Waals surface area contributed by atoms with E-state index in [0.29, 0.717) is 24.7 Å². The minimum Gasteiger partial charge on any atom is -0.508 e. The molecule has 0 saturated carbocycles. The average Bonchev–Trinajstić information content (AvgIpc) is 3.93. The van der Waals surface area contributed by atoms with Gasteiger partial charge in [-0.1, -0.05) is 77.8 Å². The van der Waals surface area contributed by atoms with Gasteiger partial charge in [-0.15, -0.1) is 0 Å². The number of unbranched alkanes of at least 4 members (excludes halogenated alkanes) is 5. The maximum atomic E-state index is 14.4. The zero-order chi connectivity index (χ0) is 55.0. The van der Waals surface area contributed by atoms with Gasteiger partial charge in [0.15, 0.2) is 6.23 Å².